The summed E-state index contributed by atoms with van der Waals surface area (Å²) in [6.07, 6.45) is -0.606. The van der Waals surface area contributed by atoms with Crippen molar-refractivity contribution < 1.29 is 23.9 Å². The van der Waals surface area contributed by atoms with Crippen LogP contribution in [-0.4, -0.2) is 42.4 Å². The molecule has 1 heterocycles. The number of nitrogens with one attached hydrogen (secondary N) is 1. The molecule has 1 aromatic rings. The number of rotatable bonds is 5. The lowest BCUT2D eigenvalue weighted by molar-refractivity contribution is -0.218. The second kappa shape index (κ2) is 6.87. The first kappa shape index (κ1) is 17.1. The first-order valence-electron chi connectivity index (χ1n) is 7.35. The van der Waals surface area contributed by atoms with Gasteiger partial charge in [-0.25, -0.2) is 9.86 Å². The first-order chi connectivity index (χ1) is 10.8. The Labute approximate surface area is 135 Å². The monoisotopic (exact) mass is 322 g/mol. The Morgan fingerprint density at radius 3 is 2.48 bits per heavy atom. The maximum absolute atomic E-state index is 11.9. The summed E-state index contributed by atoms with van der Waals surface area (Å²) < 4.78 is 10.2. The van der Waals surface area contributed by atoms with E-state index in [9.17, 15) is 9.59 Å². The molecule has 1 N–H and O–H groups in total. The molecule has 0 aromatic heterocycles. The molecule has 0 spiro atoms. The molecule has 1 unspecified atom stereocenters. The number of hydrogen-bond donors (Lipinski definition) is 1. The topological polar surface area (TPSA) is 77.1 Å². The SMILES string of the molecule is COc1ccc(CON2CC(NC(=O)OC(C)(C)C)C2=O)cc1. The van der Waals surface area contributed by atoms with Crippen molar-refractivity contribution in [3.63, 3.8) is 0 Å². The largest absolute Gasteiger partial charge is 0.497 e. The number of carbonyl (C=O) groups excluding carboxylic acids is 2. The van der Waals surface area contributed by atoms with Gasteiger partial charge in [0.15, 0.2) is 0 Å². The third-order valence-electron chi connectivity index (χ3n) is 3.13. The van der Waals surface area contributed by atoms with Gasteiger partial charge in [0.05, 0.1) is 13.7 Å². The molecule has 7 heteroatoms. The summed E-state index contributed by atoms with van der Waals surface area (Å²) in [6, 6.07) is 6.77. The highest BCUT2D eigenvalue weighted by Gasteiger charge is 2.39. The number of alkyl carbamates (subject to hydrolysis) is 1. The van der Waals surface area contributed by atoms with Gasteiger partial charge in [0, 0.05) is 0 Å². The second-order valence-corrected chi connectivity index (χ2v) is 6.22. The van der Waals surface area contributed by atoms with E-state index in [1.54, 1.807) is 27.9 Å². The Morgan fingerprint density at radius 1 is 1.30 bits per heavy atom. The first-order valence-corrected chi connectivity index (χ1v) is 7.35. The molecule has 1 aliphatic rings. The number of amides is 2. The van der Waals surface area contributed by atoms with Gasteiger partial charge in [-0.1, -0.05) is 12.1 Å². The van der Waals surface area contributed by atoms with Crippen LogP contribution >= 0.6 is 0 Å². The van der Waals surface area contributed by atoms with Crippen molar-refractivity contribution in [3.05, 3.63) is 29.8 Å². The zero-order valence-corrected chi connectivity index (χ0v) is 13.8. The molecule has 1 aliphatic heterocycles. The predicted octanol–water partition coefficient (Wildman–Crippen LogP) is 1.86. The molecule has 7 nitrogen and oxygen atoms in total. The van der Waals surface area contributed by atoms with Crippen molar-refractivity contribution in [3.8, 4) is 5.75 Å². The van der Waals surface area contributed by atoms with E-state index in [0.717, 1.165) is 11.3 Å². The van der Waals surface area contributed by atoms with Crippen LogP contribution in [0.1, 0.15) is 26.3 Å². The fourth-order valence-electron chi connectivity index (χ4n) is 1.94. The summed E-state index contributed by atoms with van der Waals surface area (Å²) in [6.45, 7) is 5.86. The summed E-state index contributed by atoms with van der Waals surface area (Å²) >= 11 is 0. The van der Waals surface area contributed by atoms with Gasteiger partial charge in [0.1, 0.15) is 24.0 Å². The number of nitrogens with zero attached hydrogens (tertiary/aromatic N) is 1. The third kappa shape index (κ3) is 4.85. The van der Waals surface area contributed by atoms with E-state index in [1.165, 1.54) is 5.06 Å². The van der Waals surface area contributed by atoms with Crippen LogP contribution in [-0.2, 0) is 21.0 Å². The van der Waals surface area contributed by atoms with Crippen LogP contribution in [0, 0.1) is 0 Å². The molecule has 0 bridgehead atoms. The molecule has 0 aliphatic carbocycles. The highest BCUT2D eigenvalue weighted by atomic mass is 16.7. The minimum absolute atomic E-state index is 0.273. The Hall–Kier alpha value is -2.28. The van der Waals surface area contributed by atoms with E-state index < -0.39 is 17.7 Å². The molecule has 2 amide bonds. The highest BCUT2D eigenvalue weighted by molar-refractivity contribution is 5.90. The Kier molecular flexibility index (Phi) is 5.10. The van der Waals surface area contributed by atoms with E-state index in [1.807, 2.05) is 24.3 Å². The van der Waals surface area contributed by atoms with Crippen molar-refractivity contribution in [2.75, 3.05) is 13.7 Å². The number of hydroxylamine groups is 2. The standard InChI is InChI=1S/C16H22N2O5/c1-16(2,3)23-15(20)17-13-9-18(14(13)19)22-10-11-5-7-12(21-4)8-6-11/h5-8,13H,9-10H2,1-4H3,(H,17,20). The van der Waals surface area contributed by atoms with Gasteiger partial charge in [-0.05, 0) is 38.5 Å². The van der Waals surface area contributed by atoms with Crippen LogP contribution < -0.4 is 10.1 Å². The maximum atomic E-state index is 11.9. The molecule has 0 saturated carbocycles. The van der Waals surface area contributed by atoms with Gasteiger partial charge in [-0.2, -0.15) is 0 Å². The quantitative estimate of drug-likeness (QED) is 0.837. The number of methoxy groups -OCH3 is 1. The van der Waals surface area contributed by atoms with E-state index in [-0.39, 0.29) is 12.5 Å². The van der Waals surface area contributed by atoms with Crippen LogP contribution in [0.25, 0.3) is 0 Å². The Morgan fingerprint density at radius 2 is 1.96 bits per heavy atom. The zero-order valence-electron chi connectivity index (χ0n) is 13.8. The number of β-lactam (4-membered cyclic amide) rings is 1. The minimum Gasteiger partial charge on any atom is -0.497 e. The normalized spacial score (nSPS) is 17.5. The lowest BCUT2D eigenvalue weighted by Gasteiger charge is -2.37. The Bertz CT molecular complexity index is 565. The molecule has 23 heavy (non-hydrogen) atoms. The lowest BCUT2D eigenvalue weighted by atomic mass is 10.1. The molecular weight excluding hydrogens is 300 g/mol. The van der Waals surface area contributed by atoms with Gasteiger partial charge < -0.3 is 14.8 Å². The molecular formula is C16H22N2O5. The fraction of sp³-hybridized carbons (Fsp3) is 0.500. The van der Waals surface area contributed by atoms with E-state index in [0.29, 0.717) is 6.54 Å². The molecule has 1 atom stereocenters. The molecule has 1 saturated heterocycles. The van der Waals surface area contributed by atoms with Crippen molar-refractivity contribution in [2.45, 2.75) is 39.0 Å². The van der Waals surface area contributed by atoms with Gasteiger partial charge in [-0.3, -0.25) is 9.63 Å². The summed E-state index contributed by atoms with van der Waals surface area (Å²) in [5.74, 6) is 0.472. The zero-order chi connectivity index (χ0) is 17.0. The van der Waals surface area contributed by atoms with Crippen LogP contribution in [0.5, 0.6) is 5.75 Å². The minimum atomic E-state index is -0.606. The van der Waals surface area contributed by atoms with Crippen molar-refractivity contribution in [1.82, 2.24) is 10.4 Å². The summed E-state index contributed by atoms with van der Waals surface area (Å²) in [4.78, 5) is 28.9. The van der Waals surface area contributed by atoms with Crippen molar-refractivity contribution >= 4 is 12.0 Å². The predicted molar refractivity (Wildman–Crippen MR) is 82.7 cm³/mol. The average Bonchev–Trinajstić information content (AvgIpc) is 2.48. The van der Waals surface area contributed by atoms with Crippen molar-refractivity contribution in [1.29, 1.82) is 0 Å². The van der Waals surface area contributed by atoms with Crippen LogP contribution in [0.2, 0.25) is 0 Å². The number of carbonyl (C=O) groups is 2. The lowest BCUT2D eigenvalue weighted by Crippen LogP contribution is -2.63. The van der Waals surface area contributed by atoms with E-state index in [2.05, 4.69) is 5.32 Å². The van der Waals surface area contributed by atoms with Gasteiger partial charge in [-0.15, -0.1) is 0 Å². The number of benzene rings is 1. The molecule has 126 valence electrons. The highest BCUT2D eigenvalue weighted by Crippen LogP contribution is 2.16. The second-order valence-electron chi connectivity index (χ2n) is 6.22. The molecule has 2 rings (SSSR count). The molecule has 1 fully saturated rings. The van der Waals surface area contributed by atoms with Gasteiger partial charge >= 0.3 is 6.09 Å². The summed E-state index contributed by atoms with van der Waals surface area (Å²) in [5, 5.41) is 3.75. The summed E-state index contributed by atoms with van der Waals surface area (Å²) in [5.41, 5.74) is 0.323. The van der Waals surface area contributed by atoms with E-state index >= 15 is 0 Å². The average molecular weight is 322 g/mol. The van der Waals surface area contributed by atoms with Crippen LogP contribution in [0.15, 0.2) is 24.3 Å². The number of hydrogen-bond acceptors (Lipinski definition) is 5. The summed E-state index contributed by atoms with van der Waals surface area (Å²) in [7, 11) is 1.60. The smallest absolute Gasteiger partial charge is 0.408 e. The van der Waals surface area contributed by atoms with Gasteiger partial charge in [0.2, 0.25) is 0 Å². The van der Waals surface area contributed by atoms with Crippen LogP contribution in [0.4, 0.5) is 4.79 Å². The van der Waals surface area contributed by atoms with Gasteiger partial charge in [0.25, 0.3) is 5.91 Å². The molecule has 0 radical (unpaired) electrons. The maximum Gasteiger partial charge on any atom is 0.408 e. The number of ether oxygens (including phenoxy) is 2. The van der Waals surface area contributed by atoms with Crippen LogP contribution in [0.3, 0.4) is 0 Å². The fourth-order valence-corrected chi connectivity index (χ4v) is 1.94. The van der Waals surface area contributed by atoms with E-state index in [4.69, 9.17) is 14.3 Å². The Balaban J connectivity index is 1.73. The third-order valence-corrected chi connectivity index (χ3v) is 3.13. The van der Waals surface area contributed by atoms with Crippen molar-refractivity contribution in [2.24, 2.45) is 0 Å². The molecule has 1 aromatic carbocycles.